The lowest BCUT2D eigenvalue weighted by molar-refractivity contribution is -0.342. The molecule has 0 aromatic rings. The van der Waals surface area contributed by atoms with Gasteiger partial charge in [0.25, 0.3) is 0 Å². The zero-order chi connectivity index (χ0) is 8.48. The first-order valence-electron chi connectivity index (χ1n) is 2.70. The molecule has 1 heterocycles. The number of nitrogens with one attached hydrogen (secondary N) is 1. The Bertz CT molecular complexity index is 169. The zero-order valence-electron chi connectivity index (χ0n) is 5.18. The number of nitrogens with zero attached hydrogens (tertiary/aromatic N) is 1. The molecule has 0 aliphatic carbocycles. The molecule has 0 aromatic carbocycles. The second kappa shape index (κ2) is 2.57. The zero-order valence-corrected chi connectivity index (χ0v) is 5.18. The third-order valence-corrected chi connectivity index (χ3v) is 0.961. The second-order valence-corrected chi connectivity index (χ2v) is 1.84. The number of hydrogen-bond donors (Lipinski definition) is 1. The molecule has 1 saturated heterocycles. The van der Waals surface area contributed by atoms with Crippen molar-refractivity contribution in [3.63, 3.8) is 0 Å². The molecule has 4 nitrogen and oxygen atoms in total. The number of ether oxygens (including phenoxy) is 1. The standard InChI is InChI=1S/C4H4F3N2O2/c5-4(6,7)11-2-1-8-3(10)9-2/h2H,1H2,(H,9,10). The van der Waals surface area contributed by atoms with Gasteiger partial charge < -0.3 is 5.32 Å². The predicted octanol–water partition coefficient (Wildman–Crippen LogP) is 0.177. The van der Waals surface area contributed by atoms with Crippen molar-refractivity contribution in [1.82, 2.24) is 10.6 Å². The van der Waals surface area contributed by atoms with Crippen molar-refractivity contribution in [3.8, 4) is 0 Å². The Morgan fingerprint density at radius 1 is 1.64 bits per heavy atom. The first kappa shape index (κ1) is 8.12. The van der Waals surface area contributed by atoms with Crippen LogP contribution in [0.5, 0.6) is 0 Å². The van der Waals surface area contributed by atoms with Crippen LogP contribution in [0.25, 0.3) is 0 Å². The summed E-state index contributed by atoms with van der Waals surface area (Å²) in [6.07, 6.45) is -6.08. The minimum atomic E-state index is -4.72. The van der Waals surface area contributed by atoms with Gasteiger partial charge >= 0.3 is 12.4 Å². The highest BCUT2D eigenvalue weighted by atomic mass is 19.4. The third kappa shape index (κ3) is 2.62. The van der Waals surface area contributed by atoms with Gasteiger partial charge in [0.1, 0.15) is 0 Å². The molecular weight excluding hydrogens is 165 g/mol. The van der Waals surface area contributed by atoms with Crippen LogP contribution in [0.1, 0.15) is 0 Å². The van der Waals surface area contributed by atoms with Gasteiger partial charge in [0.2, 0.25) is 0 Å². The number of hydrogen-bond acceptors (Lipinski definition) is 2. The molecule has 2 amide bonds. The number of alkyl halides is 3. The van der Waals surface area contributed by atoms with Gasteiger partial charge in [-0.05, 0) is 0 Å². The van der Waals surface area contributed by atoms with E-state index in [-0.39, 0.29) is 6.54 Å². The third-order valence-electron chi connectivity index (χ3n) is 0.961. The average Bonchev–Trinajstić information content (AvgIpc) is 2.10. The van der Waals surface area contributed by atoms with Crippen LogP contribution in [0.15, 0.2) is 0 Å². The Morgan fingerprint density at radius 2 is 2.27 bits per heavy atom. The minimum Gasteiger partial charge on any atom is -0.309 e. The first-order chi connectivity index (χ1) is 4.97. The molecule has 1 aliphatic heterocycles. The van der Waals surface area contributed by atoms with E-state index in [1.165, 1.54) is 0 Å². The average molecular weight is 169 g/mol. The summed E-state index contributed by atoms with van der Waals surface area (Å²) in [5, 5.41) is 4.99. The summed E-state index contributed by atoms with van der Waals surface area (Å²) >= 11 is 0. The lowest BCUT2D eigenvalue weighted by Crippen LogP contribution is -2.34. The van der Waals surface area contributed by atoms with Gasteiger partial charge in [0.05, 0.1) is 6.54 Å². The monoisotopic (exact) mass is 169 g/mol. The summed E-state index contributed by atoms with van der Waals surface area (Å²) in [5.74, 6) is 0. The Balaban J connectivity index is 2.34. The molecule has 0 saturated carbocycles. The van der Waals surface area contributed by atoms with E-state index in [0.717, 1.165) is 0 Å². The lowest BCUT2D eigenvalue weighted by atomic mass is 10.6. The van der Waals surface area contributed by atoms with Crippen molar-refractivity contribution in [1.29, 1.82) is 0 Å². The lowest BCUT2D eigenvalue weighted by Gasteiger charge is -2.11. The Hall–Kier alpha value is -0.980. The van der Waals surface area contributed by atoms with Crippen LogP contribution >= 0.6 is 0 Å². The molecule has 1 radical (unpaired) electrons. The van der Waals surface area contributed by atoms with Gasteiger partial charge in [-0.3, -0.25) is 4.74 Å². The maximum atomic E-state index is 11.4. The molecule has 0 spiro atoms. The van der Waals surface area contributed by atoms with E-state index in [1.807, 2.05) is 5.32 Å². The number of carbonyl (C=O) groups excluding carboxylic acids is 1. The molecule has 1 rings (SSSR count). The van der Waals surface area contributed by atoms with Gasteiger partial charge in [-0.25, -0.2) is 10.1 Å². The van der Waals surface area contributed by atoms with E-state index in [4.69, 9.17) is 0 Å². The van der Waals surface area contributed by atoms with Crippen molar-refractivity contribution in [3.05, 3.63) is 0 Å². The maximum absolute atomic E-state index is 11.4. The number of carbonyl (C=O) groups is 1. The van der Waals surface area contributed by atoms with E-state index in [9.17, 15) is 18.0 Å². The van der Waals surface area contributed by atoms with Crippen molar-refractivity contribution >= 4 is 6.03 Å². The highest BCUT2D eigenvalue weighted by molar-refractivity contribution is 5.75. The van der Waals surface area contributed by atoms with Gasteiger partial charge in [0.15, 0.2) is 6.23 Å². The van der Waals surface area contributed by atoms with E-state index >= 15 is 0 Å². The molecule has 63 valence electrons. The Labute approximate surface area is 59.7 Å². The van der Waals surface area contributed by atoms with Crippen LogP contribution in [-0.4, -0.2) is 25.2 Å². The predicted molar refractivity (Wildman–Crippen MR) is 26.5 cm³/mol. The van der Waals surface area contributed by atoms with E-state index in [1.54, 1.807) is 0 Å². The summed E-state index contributed by atoms with van der Waals surface area (Å²) < 4.78 is 37.7. The smallest absolute Gasteiger partial charge is 0.309 e. The maximum Gasteiger partial charge on any atom is 0.524 e. The molecular formula is C4H4F3N2O2. The fourth-order valence-corrected chi connectivity index (χ4v) is 0.623. The second-order valence-electron chi connectivity index (χ2n) is 1.84. The molecule has 0 aromatic heterocycles. The van der Waals surface area contributed by atoms with E-state index < -0.39 is 18.6 Å². The first-order valence-corrected chi connectivity index (χ1v) is 2.70. The molecule has 7 heteroatoms. The number of urea groups is 1. The number of halogens is 3. The van der Waals surface area contributed by atoms with Crippen LogP contribution in [0, 0.1) is 0 Å². The minimum absolute atomic E-state index is 0.293. The normalized spacial score (nSPS) is 24.6. The molecule has 1 fully saturated rings. The molecule has 1 atom stereocenters. The fourth-order valence-electron chi connectivity index (χ4n) is 0.623. The summed E-state index contributed by atoms with van der Waals surface area (Å²) in [6.45, 7) is -0.293. The van der Waals surface area contributed by atoms with Crippen LogP contribution in [0.4, 0.5) is 18.0 Å². The topological polar surface area (TPSA) is 52.4 Å². The summed E-state index contributed by atoms with van der Waals surface area (Å²) in [7, 11) is 0. The van der Waals surface area contributed by atoms with Crippen molar-refractivity contribution in [2.75, 3.05) is 6.54 Å². The van der Waals surface area contributed by atoms with Crippen molar-refractivity contribution in [2.24, 2.45) is 0 Å². The molecule has 1 unspecified atom stereocenters. The molecule has 1 N–H and O–H groups in total. The number of amides is 2. The molecule has 1 aliphatic rings. The Morgan fingerprint density at radius 3 is 2.64 bits per heavy atom. The van der Waals surface area contributed by atoms with Gasteiger partial charge in [0, 0.05) is 0 Å². The Kier molecular flexibility index (Phi) is 1.90. The van der Waals surface area contributed by atoms with Crippen molar-refractivity contribution < 1.29 is 22.7 Å². The largest absolute Gasteiger partial charge is 0.524 e. The summed E-state index contributed by atoms with van der Waals surface area (Å²) in [6, 6.07) is -0.778. The highest BCUT2D eigenvalue weighted by Crippen LogP contribution is 2.18. The molecule has 0 bridgehead atoms. The van der Waals surface area contributed by atoms with E-state index in [0.29, 0.717) is 0 Å². The quantitative estimate of drug-likeness (QED) is 0.608. The van der Waals surface area contributed by atoms with Gasteiger partial charge in [-0.2, -0.15) is 0 Å². The van der Waals surface area contributed by atoms with Crippen LogP contribution in [0.2, 0.25) is 0 Å². The summed E-state index contributed by atoms with van der Waals surface area (Å²) in [4.78, 5) is 10.2. The molecule has 11 heavy (non-hydrogen) atoms. The highest BCUT2D eigenvalue weighted by Gasteiger charge is 2.36. The van der Waals surface area contributed by atoms with Crippen molar-refractivity contribution in [2.45, 2.75) is 12.6 Å². The fraction of sp³-hybridized carbons (Fsp3) is 0.750. The summed E-state index contributed by atoms with van der Waals surface area (Å²) in [5.41, 5.74) is 0. The van der Waals surface area contributed by atoms with Crippen LogP contribution < -0.4 is 10.6 Å². The van der Waals surface area contributed by atoms with Gasteiger partial charge in [-0.15, -0.1) is 13.2 Å². The van der Waals surface area contributed by atoms with E-state index in [2.05, 4.69) is 10.1 Å². The van der Waals surface area contributed by atoms with Crippen LogP contribution in [-0.2, 0) is 4.74 Å². The number of rotatable bonds is 1. The van der Waals surface area contributed by atoms with Crippen LogP contribution in [0.3, 0.4) is 0 Å². The van der Waals surface area contributed by atoms with Gasteiger partial charge in [-0.1, -0.05) is 0 Å². The SMILES string of the molecule is O=C1[N]CC(OC(F)(F)F)N1.